The van der Waals surface area contributed by atoms with Crippen LogP contribution >= 0.6 is 0 Å². The minimum Gasteiger partial charge on any atom is -0.463 e. The summed E-state index contributed by atoms with van der Waals surface area (Å²) in [6, 6.07) is 8.54. The average molecular weight is 350 g/mol. The van der Waals surface area contributed by atoms with Crippen LogP contribution in [0.4, 0.5) is 11.6 Å². The van der Waals surface area contributed by atoms with Gasteiger partial charge in [0.25, 0.3) is 5.69 Å². The van der Waals surface area contributed by atoms with Crippen LogP contribution in [0.3, 0.4) is 0 Å². The summed E-state index contributed by atoms with van der Waals surface area (Å²) in [5.41, 5.74) is 9.11. The van der Waals surface area contributed by atoms with E-state index in [1.807, 2.05) is 4.57 Å². The van der Waals surface area contributed by atoms with Crippen molar-refractivity contribution in [2.24, 2.45) is 0 Å². The summed E-state index contributed by atoms with van der Waals surface area (Å²) in [4.78, 5) is 23.5. The van der Waals surface area contributed by atoms with Gasteiger partial charge in [0.15, 0.2) is 11.4 Å². The van der Waals surface area contributed by atoms with Gasteiger partial charge in [-0.1, -0.05) is 6.07 Å². The SMILES string of the molecule is Cc1cc(Cn2cnc3c(-c4ccco4)nc(N)nc32)ccc1[N+](=O)[O-]. The number of furan rings is 1. The highest BCUT2D eigenvalue weighted by molar-refractivity contribution is 5.86. The number of nitro benzene ring substituents is 1. The Morgan fingerprint density at radius 1 is 1.31 bits per heavy atom. The van der Waals surface area contributed by atoms with Gasteiger partial charge >= 0.3 is 0 Å². The lowest BCUT2D eigenvalue weighted by Crippen LogP contribution is -2.03. The number of nitro groups is 1. The third-order valence-electron chi connectivity index (χ3n) is 4.05. The molecule has 130 valence electrons. The Morgan fingerprint density at radius 3 is 2.85 bits per heavy atom. The van der Waals surface area contributed by atoms with Crippen LogP contribution in [0.1, 0.15) is 11.1 Å². The number of fused-ring (bicyclic) bond motifs is 1. The zero-order valence-electron chi connectivity index (χ0n) is 13.8. The zero-order chi connectivity index (χ0) is 18.3. The average Bonchev–Trinajstić information content (AvgIpc) is 3.24. The monoisotopic (exact) mass is 350 g/mol. The maximum absolute atomic E-state index is 11.0. The molecule has 2 N–H and O–H groups in total. The van der Waals surface area contributed by atoms with E-state index in [0.717, 1.165) is 5.56 Å². The second-order valence-corrected chi connectivity index (χ2v) is 5.83. The molecule has 4 rings (SSSR count). The van der Waals surface area contributed by atoms with Crippen LogP contribution in [0.15, 0.2) is 47.3 Å². The second kappa shape index (κ2) is 5.96. The third-order valence-corrected chi connectivity index (χ3v) is 4.05. The molecule has 0 radical (unpaired) electrons. The van der Waals surface area contributed by atoms with Crippen molar-refractivity contribution in [3.8, 4) is 11.5 Å². The largest absolute Gasteiger partial charge is 0.463 e. The van der Waals surface area contributed by atoms with Gasteiger partial charge in [0.05, 0.1) is 24.1 Å². The van der Waals surface area contributed by atoms with Crippen molar-refractivity contribution in [1.82, 2.24) is 19.5 Å². The molecule has 0 spiro atoms. The van der Waals surface area contributed by atoms with Crippen molar-refractivity contribution in [1.29, 1.82) is 0 Å². The Hall–Kier alpha value is -3.75. The van der Waals surface area contributed by atoms with E-state index in [1.54, 1.807) is 43.8 Å². The van der Waals surface area contributed by atoms with Crippen LogP contribution in [0.2, 0.25) is 0 Å². The number of aromatic nitrogens is 4. The number of anilines is 1. The van der Waals surface area contributed by atoms with Gasteiger partial charge in [0.2, 0.25) is 5.95 Å². The van der Waals surface area contributed by atoms with E-state index in [2.05, 4.69) is 15.0 Å². The molecule has 1 aromatic carbocycles. The van der Waals surface area contributed by atoms with Gasteiger partial charge in [-0.15, -0.1) is 0 Å². The summed E-state index contributed by atoms with van der Waals surface area (Å²) in [5.74, 6) is 0.672. The molecule has 3 aromatic heterocycles. The first-order valence-corrected chi connectivity index (χ1v) is 7.79. The molecule has 0 aliphatic heterocycles. The molecule has 3 heterocycles. The number of nitrogens with two attached hydrogens (primary N) is 1. The summed E-state index contributed by atoms with van der Waals surface area (Å²) < 4.78 is 7.22. The van der Waals surface area contributed by atoms with Crippen molar-refractivity contribution < 1.29 is 9.34 Å². The number of aryl methyl sites for hydroxylation is 1. The molecule has 0 aliphatic carbocycles. The van der Waals surface area contributed by atoms with E-state index in [0.29, 0.717) is 34.7 Å². The van der Waals surface area contributed by atoms with Crippen molar-refractivity contribution in [2.45, 2.75) is 13.5 Å². The van der Waals surface area contributed by atoms with E-state index >= 15 is 0 Å². The molecule has 0 saturated heterocycles. The van der Waals surface area contributed by atoms with Gasteiger partial charge in [-0.05, 0) is 30.7 Å². The molecule has 9 heteroatoms. The summed E-state index contributed by atoms with van der Waals surface area (Å²) in [6.45, 7) is 2.16. The van der Waals surface area contributed by atoms with E-state index in [1.165, 1.54) is 6.07 Å². The van der Waals surface area contributed by atoms with Crippen LogP contribution in [0.5, 0.6) is 0 Å². The van der Waals surface area contributed by atoms with Crippen molar-refractivity contribution in [3.63, 3.8) is 0 Å². The first-order valence-electron chi connectivity index (χ1n) is 7.79. The van der Waals surface area contributed by atoms with Gasteiger partial charge in [-0.25, -0.2) is 9.97 Å². The highest BCUT2D eigenvalue weighted by atomic mass is 16.6. The molecule has 0 amide bonds. The molecule has 9 nitrogen and oxygen atoms in total. The number of imidazole rings is 1. The lowest BCUT2D eigenvalue weighted by atomic mass is 10.1. The number of rotatable bonds is 4. The maximum Gasteiger partial charge on any atom is 0.272 e. The van der Waals surface area contributed by atoms with Gasteiger partial charge in [-0.3, -0.25) is 10.1 Å². The van der Waals surface area contributed by atoms with Crippen molar-refractivity contribution >= 4 is 22.8 Å². The first-order chi connectivity index (χ1) is 12.5. The van der Waals surface area contributed by atoms with Crippen LogP contribution < -0.4 is 5.73 Å². The molecule has 4 aromatic rings. The summed E-state index contributed by atoms with van der Waals surface area (Å²) in [7, 11) is 0. The van der Waals surface area contributed by atoms with E-state index in [-0.39, 0.29) is 11.6 Å². The predicted molar refractivity (Wildman–Crippen MR) is 94.4 cm³/mol. The topological polar surface area (TPSA) is 126 Å². The quantitative estimate of drug-likeness (QED) is 0.443. The van der Waals surface area contributed by atoms with Crippen molar-refractivity contribution in [3.05, 3.63) is 64.2 Å². The number of nitrogen functional groups attached to an aromatic ring is 1. The fourth-order valence-electron chi connectivity index (χ4n) is 2.88. The lowest BCUT2D eigenvalue weighted by Gasteiger charge is -2.06. The zero-order valence-corrected chi connectivity index (χ0v) is 13.8. The minimum absolute atomic E-state index is 0.0934. The Kier molecular flexibility index (Phi) is 3.61. The lowest BCUT2D eigenvalue weighted by molar-refractivity contribution is -0.385. The highest BCUT2D eigenvalue weighted by Crippen LogP contribution is 2.27. The number of hydrogen-bond acceptors (Lipinski definition) is 7. The van der Waals surface area contributed by atoms with Crippen LogP contribution in [-0.2, 0) is 6.54 Å². The molecular formula is C17H14N6O3. The molecule has 26 heavy (non-hydrogen) atoms. The van der Waals surface area contributed by atoms with Gasteiger partial charge in [0, 0.05) is 11.6 Å². The van der Waals surface area contributed by atoms with E-state index in [9.17, 15) is 10.1 Å². The molecule has 0 aliphatic rings. The number of hydrogen-bond donors (Lipinski definition) is 1. The normalized spacial score (nSPS) is 11.1. The summed E-state index contributed by atoms with van der Waals surface area (Å²) in [5, 5.41) is 11.0. The van der Waals surface area contributed by atoms with Gasteiger partial charge < -0.3 is 14.7 Å². The molecule has 0 saturated carbocycles. The molecular weight excluding hydrogens is 336 g/mol. The van der Waals surface area contributed by atoms with Gasteiger partial charge in [0.1, 0.15) is 11.2 Å². The van der Waals surface area contributed by atoms with Crippen LogP contribution in [0, 0.1) is 17.0 Å². The Labute approximate surface area is 147 Å². The Balaban J connectivity index is 1.77. The third kappa shape index (κ3) is 2.65. The molecule has 0 unspecified atom stereocenters. The standard InChI is InChI=1S/C17H14N6O3/c1-10-7-11(4-5-12(10)23(24)25)8-22-9-19-15-14(13-3-2-6-26-13)20-17(18)21-16(15)22/h2-7,9H,8H2,1H3,(H2,18,20,21). The summed E-state index contributed by atoms with van der Waals surface area (Å²) in [6.07, 6.45) is 3.19. The van der Waals surface area contributed by atoms with Crippen LogP contribution in [0.25, 0.3) is 22.6 Å². The number of benzene rings is 1. The Bertz CT molecular complexity index is 1120. The van der Waals surface area contributed by atoms with Gasteiger partial charge in [-0.2, -0.15) is 4.98 Å². The van der Waals surface area contributed by atoms with Crippen LogP contribution in [-0.4, -0.2) is 24.4 Å². The smallest absolute Gasteiger partial charge is 0.272 e. The van der Waals surface area contributed by atoms with Crippen molar-refractivity contribution in [2.75, 3.05) is 5.73 Å². The van der Waals surface area contributed by atoms with E-state index in [4.69, 9.17) is 10.2 Å². The molecule has 0 bridgehead atoms. The molecule has 0 atom stereocenters. The second-order valence-electron chi connectivity index (χ2n) is 5.83. The Morgan fingerprint density at radius 2 is 2.15 bits per heavy atom. The maximum atomic E-state index is 11.0. The fraction of sp³-hybridized carbons (Fsp3) is 0.118. The molecule has 0 fully saturated rings. The van der Waals surface area contributed by atoms with E-state index < -0.39 is 4.92 Å². The minimum atomic E-state index is -0.394. The first kappa shape index (κ1) is 15.8. The predicted octanol–water partition coefficient (Wildman–Crippen LogP) is 2.93. The number of nitrogens with zero attached hydrogens (tertiary/aromatic N) is 5. The summed E-state index contributed by atoms with van der Waals surface area (Å²) >= 11 is 0. The highest BCUT2D eigenvalue weighted by Gasteiger charge is 2.16. The fourth-order valence-corrected chi connectivity index (χ4v) is 2.88.